The van der Waals surface area contributed by atoms with Crippen LogP contribution < -0.4 is 22.5 Å². The summed E-state index contributed by atoms with van der Waals surface area (Å²) in [5.41, 5.74) is -3.32. The molecule has 0 aromatic carbocycles. The molecule has 7 rings (SSSR count). The van der Waals surface area contributed by atoms with Crippen LogP contribution >= 0.6 is 17.1 Å². The summed E-state index contributed by atoms with van der Waals surface area (Å²) >= 11 is 0. The van der Waals surface area contributed by atoms with Crippen molar-refractivity contribution >= 4 is 49.2 Å². The highest BCUT2D eigenvalue weighted by atomic mass is 31.2. The van der Waals surface area contributed by atoms with Gasteiger partial charge in [-0.15, -0.1) is 0 Å². The van der Waals surface area contributed by atoms with Gasteiger partial charge in [0.2, 0.25) is 0 Å². The van der Waals surface area contributed by atoms with Gasteiger partial charge in [0.05, 0.1) is 43.8 Å². The van der Waals surface area contributed by atoms with E-state index in [2.05, 4.69) is 42.9 Å². The summed E-state index contributed by atoms with van der Waals surface area (Å²) in [7, 11) is -6.29. The summed E-state index contributed by atoms with van der Waals surface area (Å²) in [6.45, 7) is 28.5. The number of carbonyl (C=O) groups is 4. The van der Waals surface area contributed by atoms with Gasteiger partial charge >= 0.3 is 35.3 Å². The Bertz CT molecular complexity index is 3150. The Labute approximate surface area is 565 Å². The van der Waals surface area contributed by atoms with Crippen molar-refractivity contribution in [3.05, 3.63) is 66.2 Å². The molecule has 32 heteroatoms. The molecule has 2 saturated carbocycles. The van der Waals surface area contributed by atoms with E-state index in [0.717, 1.165) is 38.5 Å². The standard InChI is InChI=1S/C32H49N4O11P.C32H53N4O10PSi/c1-21(2)36(22(3)4)48(43-17-9-15-33)47-26-24(20-42-29(38)30(39)44-23-10-7-6-8-11-23)45-28(35-16-12-25(37)34-31(35)40)27(26)46-32(5)13-18-41-19-14-32;1-21(2)36(22(3)4)47(42-19-13-17-33)45-26-24(20-41-29(38)30(39)43-23-14-11-10-12-15-23)44-28(35-18-16-25(37)34-31(35)40)27(26)46-48(8,9)32(5,6)7/h12,16,21-24,26-28H,6-11,13-14,17-20H2,1-5H3,(H,34,37,40);16,18,21-24,26-28H,10-15,19-20H2,1-9H3,(H,34,37,40)/t24-,26?,27+,28-,48?;24-,26?,27+,28-,47?/m11/s1. The van der Waals surface area contributed by atoms with Crippen LogP contribution in [-0.4, -0.2) is 179 Å². The van der Waals surface area contributed by atoms with Crippen LogP contribution in [0.1, 0.15) is 185 Å². The third kappa shape index (κ3) is 22.7. The molecule has 3 aliphatic heterocycles. The number of nitriles is 2. The monoisotopic (exact) mass is 1410 g/mol. The van der Waals surface area contributed by atoms with Crippen molar-refractivity contribution < 1.29 is 79.6 Å². The average Bonchev–Trinajstić information content (AvgIpc) is 1.60. The number of ether oxygens (including phenoxy) is 8. The van der Waals surface area contributed by atoms with Crippen LogP contribution in [0, 0.1) is 22.7 Å². The lowest BCUT2D eigenvalue weighted by Gasteiger charge is -2.42. The highest BCUT2D eigenvalue weighted by Gasteiger charge is 2.56. The van der Waals surface area contributed by atoms with Crippen molar-refractivity contribution in [1.29, 1.82) is 10.5 Å². The Kier molecular flexibility index (Phi) is 31.0. The zero-order valence-corrected chi connectivity index (χ0v) is 61.0. The van der Waals surface area contributed by atoms with Gasteiger partial charge in [0.1, 0.15) is 62.0 Å². The number of rotatable bonds is 28. The van der Waals surface area contributed by atoms with Crippen molar-refractivity contribution in [3.8, 4) is 12.1 Å². The van der Waals surface area contributed by atoms with Gasteiger partial charge in [0.15, 0.2) is 20.8 Å². The SMILES string of the molecule is CC(C)N(C(C)C)P(OCCC#N)OC1[C@@H](COC(=O)C(=O)OC2CCCCC2)O[C@@H](n2ccc(=O)[nH]c2=O)[C@H]1OC1(C)CCOCC1.CC(C)N(C(C)C)P(OCCC#N)OC1[C@@H](COC(=O)C(=O)OC2CCCCC2)O[C@@H](n2ccc(=O)[nH]c2=O)[C@H]1O[Si](C)(C)C(C)(C)C. The minimum atomic E-state index is -2.60. The van der Waals surface area contributed by atoms with Crippen LogP contribution in [-0.2, 0) is 79.6 Å². The Hall–Kier alpha value is -5.14. The second-order valence-corrected chi connectivity index (χ2v) is 35.0. The van der Waals surface area contributed by atoms with Crippen LogP contribution in [0.3, 0.4) is 0 Å². The molecule has 5 heterocycles. The molecular formula is C64H102N8O21P2Si. The van der Waals surface area contributed by atoms with E-state index in [9.17, 15) is 48.9 Å². The summed E-state index contributed by atoms with van der Waals surface area (Å²) in [5.74, 6) is -4.48. The molecule has 2 N–H and O–H groups in total. The number of carbonyl (C=O) groups excluding carboxylic acids is 4. The quantitative estimate of drug-likeness (QED) is 0.0202. The number of hydrogen-bond donors (Lipinski definition) is 2. The van der Waals surface area contributed by atoms with Crippen LogP contribution in [0.2, 0.25) is 18.1 Å². The van der Waals surface area contributed by atoms with Crippen molar-refractivity contribution in [3.63, 3.8) is 0 Å². The molecule has 5 aliphatic rings. The normalized spacial score (nSPS) is 24.1. The van der Waals surface area contributed by atoms with Crippen molar-refractivity contribution in [2.24, 2.45) is 0 Å². The third-order valence-corrected chi connectivity index (χ3v) is 26.3. The van der Waals surface area contributed by atoms with Crippen LogP contribution in [0.5, 0.6) is 0 Å². The predicted molar refractivity (Wildman–Crippen MR) is 354 cm³/mol. The van der Waals surface area contributed by atoms with E-state index < -0.39 is 140 Å². The molecule has 0 amide bonds. The van der Waals surface area contributed by atoms with Gasteiger partial charge < -0.3 is 60.4 Å². The first-order chi connectivity index (χ1) is 45.4. The lowest BCUT2D eigenvalue weighted by atomic mass is 9.95. The molecule has 2 aromatic heterocycles. The third-order valence-electron chi connectivity index (χ3n) is 17.5. The van der Waals surface area contributed by atoms with E-state index in [0.29, 0.717) is 51.7 Å². The van der Waals surface area contributed by atoms with E-state index in [-0.39, 0.29) is 67.5 Å². The molecule has 29 nitrogen and oxygen atoms in total. The molecule has 4 unspecified atom stereocenters. The summed E-state index contributed by atoms with van der Waals surface area (Å²) in [6, 6.07) is 6.46. The maximum atomic E-state index is 13.1. The highest BCUT2D eigenvalue weighted by molar-refractivity contribution is 7.44. The van der Waals surface area contributed by atoms with Crippen LogP contribution in [0.25, 0.3) is 0 Å². The van der Waals surface area contributed by atoms with Gasteiger partial charge in [0.25, 0.3) is 28.2 Å². The number of hydrogen-bond acceptors (Lipinski definition) is 25. The number of esters is 4. The van der Waals surface area contributed by atoms with Crippen molar-refractivity contribution in [2.75, 3.05) is 39.6 Å². The number of H-pyrrole nitrogens is 2. The second-order valence-electron chi connectivity index (χ2n) is 27.4. The molecule has 2 aromatic rings. The first-order valence-corrected chi connectivity index (χ1v) is 38.7. The molecule has 5 fully saturated rings. The fourth-order valence-electron chi connectivity index (χ4n) is 11.7. The van der Waals surface area contributed by atoms with Gasteiger partial charge in [-0.1, -0.05) is 33.6 Å². The summed E-state index contributed by atoms with van der Waals surface area (Å²) < 4.78 is 86.3. The Balaban J connectivity index is 0.000000304. The van der Waals surface area contributed by atoms with Crippen LogP contribution in [0.4, 0.5) is 0 Å². The van der Waals surface area contributed by atoms with E-state index in [1.54, 1.807) is 0 Å². The molecule has 538 valence electrons. The fraction of sp³-hybridized carbons (Fsp3) is 0.781. The Morgan fingerprint density at radius 3 is 1.38 bits per heavy atom. The molecule has 2 aliphatic carbocycles. The van der Waals surface area contributed by atoms with Crippen molar-refractivity contribution in [2.45, 2.75) is 282 Å². The number of aromatic amines is 2. The fourth-order valence-corrected chi connectivity index (χ4v) is 16.5. The van der Waals surface area contributed by atoms with Gasteiger partial charge in [-0.3, -0.25) is 28.7 Å². The lowest BCUT2D eigenvalue weighted by molar-refractivity contribution is -0.175. The van der Waals surface area contributed by atoms with Gasteiger partial charge in [0, 0.05) is 61.9 Å². The molecule has 0 spiro atoms. The smallest absolute Gasteiger partial charge is 0.417 e. The maximum Gasteiger partial charge on any atom is 0.417 e. The van der Waals surface area contributed by atoms with E-state index in [1.165, 1.54) is 33.7 Å². The molecule has 10 atom stereocenters. The van der Waals surface area contributed by atoms with Crippen LogP contribution in [0.15, 0.2) is 43.7 Å². The van der Waals surface area contributed by atoms with Gasteiger partial charge in [-0.2, -0.15) is 10.5 Å². The topological polar surface area (TPSA) is 352 Å². The largest absolute Gasteiger partial charge is 0.454 e. The Morgan fingerprint density at radius 1 is 0.625 bits per heavy atom. The lowest BCUT2D eigenvalue weighted by Crippen LogP contribution is -2.50. The van der Waals surface area contributed by atoms with Gasteiger partial charge in [-0.05, 0) is 145 Å². The molecule has 0 bridgehead atoms. The van der Waals surface area contributed by atoms with Gasteiger partial charge in [-0.25, -0.2) is 38.1 Å². The summed E-state index contributed by atoms with van der Waals surface area (Å²) in [4.78, 5) is 106. The molecule has 3 saturated heterocycles. The first-order valence-electron chi connectivity index (χ1n) is 33.5. The zero-order chi connectivity index (χ0) is 70.7. The number of nitrogens with zero attached hydrogens (tertiary/aromatic N) is 6. The zero-order valence-electron chi connectivity index (χ0n) is 58.2. The van der Waals surface area contributed by atoms with E-state index in [4.69, 9.17) is 60.4 Å². The predicted octanol–water partition coefficient (Wildman–Crippen LogP) is 8.37. The molecule has 96 heavy (non-hydrogen) atoms. The van der Waals surface area contributed by atoms with Crippen molar-refractivity contribution in [1.82, 2.24) is 28.4 Å². The van der Waals surface area contributed by atoms with E-state index >= 15 is 0 Å². The number of aromatic nitrogens is 4. The minimum Gasteiger partial charge on any atom is -0.454 e. The second kappa shape index (κ2) is 37.3. The Morgan fingerprint density at radius 2 is 1.01 bits per heavy atom. The molecule has 0 radical (unpaired) electrons. The van der Waals surface area contributed by atoms with E-state index in [1.807, 2.05) is 84.7 Å². The minimum absolute atomic E-state index is 0.0243. The summed E-state index contributed by atoms with van der Waals surface area (Å²) in [6.07, 6.45) is 3.73. The summed E-state index contributed by atoms with van der Waals surface area (Å²) in [5, 5.41) is 18.2. The maximum absolute atomic E-state index is 13.1. The number of nitrogens with one attached hydrogen (secondary N) is 2. The highest BCUT2D eigenvalue weighted by Crippen LogP contribution is 2.53. The first kappa shape index (κ1) is 79.8. The molecular weight excluding hydrogens is 1310 g/mol. The average molecular weight is 1410 g/mol.